The van der Waals surface area contributed by atoms with E-state index in [9.17, 15) is 5.11 Å². The van der Waals surface area contributed by atoms with Crippen molar-refractivity contribution in [2.45, 2.75) is 38.4 Å². The summed E-state index contributed by atoms with van der Waals surface area (Å²) in [4.78, 5) is 0. The minimum atomic E-state index is -0.826. The van der Waals surface area contributed by atoms with Crippen LogP contribution >= 0.6 is 0 Å². The highest BCUT2D eigenvalue weighted by Crippen LogP contribution is 2.06. The molecule has 0 bridgehead atoms. The Balaban J connectivity index is 2.35. The molecule has 1 aromatic rings. The summed E-state index contributed by atoms with van der Waals surface area (Å²) in [5, 5.41) is 9.87. The molecule has 0 aliphatic carbocycles. The number of benzene rings is 1. The highest BCUT2D eigenvalue weighted by molar-refractivity contribution is 5.13. The quantitative estimate of drug-likeness (QED) is 0.612. The molecular formula is C16H22O4. The van der Waals surface area contributed by atoms with Gasteiger partial charge in [-0.25, -0.2) is 0 Å². The predicted octanol–water partition coefficient (Wildman–Crippen LogP) is 1.97. The molecule has 0 aliphatic heterocycles. The highest BCUT2D eigenvalue weighted by Gasteiger charge is 2.12. The van der Waals surface area contributed by atoms with Crippen LogP contribution in [0.5, 0.6) is 0 Å². The molecule has 0 saturated carbocycles. The van der Waals surface area contributed by atoms with Crippen LogP contribution in [0.3, 0.4) is 0 Å². The van der Waals surface area contributed by atoms with Crippen LogP contribution in [0.2, 0.25) is 0 Å². The van der Waals surface area contributed by atoms with E-state index in [0.29, 0.717) is 13.0 Å². The Labute approximate surface area is 120 Å². The molecule has 0 saturated heterocycles. The molecule has 0 radical (unpaired) electrons. The van der Waals surface area contributed by atoms with Crippen LogP contribution in [0.4, 0.5) is 0 Å². The maximum Gasteiger partial charge on any atom is 0.167 e. The molecule has 0 fully saturated rings. The third-order valence-electron chi connectivity index (χ3n) is 2.84. The molecule has 2 atom stereocenters. The molecule has 4 nitrogen and oxygen atoms in total. The summed E-state index contributed by atoms with van der Waals surface area (Å²) < 4.78 is 15.6. The zero-order chi connectivity index (χ0) is 14.8. The van der Waals surface area contributed by atoms with Gasteiger partial charge in [-0.3, -0.25) is 0 Å². The van der Waals surface area contributed by atoms with Gasteiger partial charge in [-0.15, -0.1) is 0 Å². The lowest BCUT2D eigenvalue weighted by Crippen LogP contribution is -2.24. The van der Waals surface area contributed by atoms with Gasteiger partial charge in [0.05, 0.1) is 19.1 Å². The van der Waals surface area contributed by atoms with E-state index < -0.39 is 6.10 Å². The molecule has 20 heavy (non-hydrogen) atoms. The molecule has 0 aromatic heterocycles. The fraction of sp³-hybridized carbons (Fsp3) is 0.500. The first-order chi connectivity index (χ1) is 9.67. The van der Waals surface area contributed by atoms with Crippen molar-refractivity contribution in [2.24, 2.45) is 0 Å². The van der Waals surface area contributed by atoms with Crippen LogP contribution in [0.25, 0.3) is 0 Å². The van der Waals surface area contributed by atoms with Crippen molar-refractivity contribution in [2.75, 3.05) is 14.2 Å². The standard InChI is InChI=1S/C16H22O4/c1-13(20-12-14-8-5-4-6-9-14)15(17)10-7-11-16(18-2)19-3/h4-6,8-9,13,15-17H,11-12H2,1-3H3/t13-,15-/m0/s1. The second kappa shape index (κ2) is 9.51. The van der Waals surface area contributed by atoms with E-state index in [2.05, 4.69) is 11.8 Å². The Hall–Kier alpha value is -1.38. The Morgan fingerprint density at radius 2 is 1.80 bits per heavy atom. The second-order valence-electron chi connectivity index (χ2n) is 4.37. The van der Waals surface area contributed by atoms with Gasteiger partial charge < -0.3 is 19.3 Å². The number of aliphatic hydroxyl groups is 1. The van der Waals surface area contributed by atoms with Crippen LogP contribution in [-0.4, -0.2) is 37.8 Å². The van der Waals surface area contributed by atoms with Crippen LogP contribution < -0.4 is 0 Å². The Morgan fingerprint density at radius 3 is 2.40 bits per heavy atom. The van der Waals surface area contributed by atoms with E-state index in [1.54, 1.807) is 21.1 Å². The van der Waals surface area contributed by atoms with Gasteiger partial charge in [0.2, 0.25) is 0 Å². The van der Waals surface area contributed by atoms with Gasteiger partial charge in [0, 0.05) is 14.2 Å². The first-order valence-electron chi connectivity index (χ1n) is 6.55. The first kappa shape index (κ1) is 16.7. The maximum absolute atomic E-state index is 9.87. The van der Waals surface area contributed by atoms with E-state index in [4.69, 9.17) is 14.2 Å². The average molecular weight is 278 g/mol. The summed E-state index contributed by atoms with van der Waals surface area (Å²) in [6.07, 6.45) is -1.13. The Bertz CT molecular complexity index is 417. The molecule has 0 spiro atoms. The van der Waals surface area contributed by atoms with Crippen molar-refractivity contribution in [1.82, 2.24) is 0 Å². The lowest BCUT2D eigenvalue weighted by Gasteiger charge is -2.15. The van der Waals surface area contributed by atoms with Crippen LogP contribution in [-0.2, 0) is 20.8 Å². The number of aliphatic hydroxyl groups excluding tert-OH is 1. The summed E-state index contributed by atoms with van der Waals surface area (Å²) in [6, 6.07) is 9.82. The van der Waals surface area contributed by atoms with Crippen molar-refractivity contribution in [3.63, 3.8) is 0 Å². The normalized spacial score (nSPS) is 13.7. The van der Waals surface area contributed by atoms with Crippen LogP contribution in [0.1, 0.15) is 18.9 Å². The summed E-state index contributed by atoms with van der Waals surface area (Å²) >= 11 is 0. The maximum atomic E-state index is 9.87. The van der Waals surface area contributed by atoms with E-state index in [0.717, 1.165) is 5.56 Å². The number of ether oxygens (including phenoxy) is 3. The summed E-state index contributed by atoms with van der Waals surface area (Å²) in [5.74, 6) is 5.57. The number of rotatable bonds is 7. The number of hydrogen-bond acceptors (Lipinski definition) is 4. The van der Waals surface area contributed by atoms with Crippen molar-refractivity contribution in [3.8, 4) is 11.8 Å². The third kappa shape index (κ3) is 6.18. The molecule has 1 aromatic carbocycles. The third-order valence-corrected chi connectivity index (χ3v) is 2.84. The zero-order valence-corrected chi connectivity index (χ0v) is 12.2. The zero-order valence-electron chi connectivity index (χ0n) is 12.2. The molecule has 110 valence electrons. The van der Waals surface area contributed by atoms with Gasteiger partial charge in [-0.05, 0) is 12.5 Å². The molecular weight excluding hydrogens is 256 g/mol. The lowest BCUT2D eigenvalue weighted by atomic mass is 10.2. The van der Waals surface area contributed by atoms with Gasteiger partial charge in [0.1, 0.15) is 6.10 Å². The van der Waals surface area contributed by atoms with Gasteiger partial charge >= 0.3 is 0 Å². The molecule has 4 heteroatoms. The molecule has 1 N–H and O–H groups in total. The first-order valence-corrected chi connectivity index (χ1v) is 6.55. The Kier molecular flexibility index (Phi) is 7.93. The van der Waals surface area contributed by atoms with Gasteiger partial charge in [0.25, 0.3) is 0 Å². The second-order valence-corrected chi connectivity index (χ2v) is 4.37. The molecule has 1 rings (SSSR count). The van der Waals surface area contributed by atoms with Gasteiger partial charge in [0.15, 0.2) is 6.29 Å². The smallest absolute Gasteiger partial charge is 0.167 e. The fourth-order valence-corrected chi connectivity index (χ4v) is 1.52. The number of methoxy groups -OCH3 is 2. The Morgan fingerprint density at radius 1 is 1.15 bits per heavy atom. The molecule has 0 heterocycles. The topological polar surface area (TPSA) is 47.9 Å². The predicted molar refractivity (Wildman–Crippen MR) is 76.9 cm³/mol. The minimum Gasteiger partial charge on any atom is -0.378 e. The van der Waals surface area contributed by atoms with E-state index in [1.807, 2.05) is 30.3 Å². The molecule has 0 amide bonds. The summed E-state index contributed by atoms with van der Waals surface area (Å²) in [5.41, 5.74) is 1.07. The minimum absolute atomic E-state index is 0.355. The lowest BCUT2D eigenvalue weighted by molar-refractivity contribution is -0.0973. The van der Waals surface area contributed by atoms with E-state index >= 15 is 0 Å². The van der Waals surface area contributed by atoms with Gasteiger partial charge in [-0.2, -0.15) is 0 Å². The van der Waals surface area contributed by atoms with E-state index in [1.165, 1.54) is 0 Å². The van der Waals surface area contributed by atoms with Crippen molar-refractivity contribution in [3.05, 3.63) is 35.9 Å². The van der Waals surface area contributed by atoms with Crippen molar-refractivity contribution < 1.29 is 19.3 Å². The fourth-order valence-electron chi connectivity index (χ4n) is 1.52. The van der Waals surface area contributed by atoms with Gasteiger partial charge in [-0.1, -0.05) is 42.2 Å². The molecule has 0 unspecified atom stereocenters. The summed E-state index contributed by atoms with van der Waals surface area (Å²) in [7, 11) is 3.11. The molecule has 0 aliphatic rings. The average Bonchev–Trinajstić information content (AvgIpc) is 2.50. The monoisotopic (exact) mass is 278 g/mol. The van der Waals surface area contributed by atoms with Crippen LogP contribution in [0, 0.1) is 11.8 Å². The highest BCUT2D eigenvalue weighted by atomic mass is 16.7. The SMILES string of the molecule is COC(CC#C[C@H](O)[C@H](C)OCc1ccccc1)OC. The largest absolute Gasteiger partial charge is 0.378 e. The van der Waals surface area contributed by atoms with Crippen molar-refractivity contribution >= 4 is 0 Å². The summed E-state index contributed by atoms with van der Waals surface area (Å²) in [6.45, 7) is 2.26. The van der Waals surface area contributed by atoms with Crippen molar-refractivity contribution in [1.29, 1.82) is 0 Å². The van der Waals surface area contributed by atoms with Crippen LogP contribution in [0.15, 0.2) is 30.3 Å². The number of hydrogen-bond donors (Lipinski definition) is 1. The van der Waals surface area contributed by atoms with E-state index in [-0.39, 0.29) is 12.4 Å².